The van der Waals surface area contributed by atoms with Crippen molar-refractivity contribution < 1.29 is 18.0 Å². The standard InChI is InChI=1S/C17H21Cl2N3O4S/c18-13-3-1-4-14(19)17(13)27(25,26)22-11-9-21(10-12-22)16(24)6-8-20-7-2-5-15(20)23/h1,3-4H,2,5-12H2. The fourth-order valence-corrected chi connectivity index (χ4v) is 5.88. The molecule has 7 nitrogen and oxygen atoms in total. The second kappa shape index (κ2) is 8.34. The highest BCUT2D eigenvalue weighted by molar-refractivity contribution is 7.89. The zero-order valence-electron chi connectivity index (χ0n) is 14.7. The summed E-state index contributed by atoms with van der Waals surface area (Å²) in [6, 6.07) is 4.56. The van der Waals surface area contributed by atoms with Crippen molar-refractivity contribution in [1.29, 1.82) is 0 Å². The van der Waals surface area contributed by atoms with Crippen LogP contribution in [0.2, 0.25) is 10.0 Å². The average molecular weight is 434 g/mol. The summed E-state index contributed by atoms with van der Waals surface area (Å²) in [6.45, 7) is 2.08. The van der Waals surface area contributed by atoms with E-state index in [1.165, 1.54) is 16.4 Å². The van der Waals surface area contributed by atoms with E-state index in [9.17, 15) is 18.0 Å². The molecule has 2 amide bonds. The second-order valence-corrected chi connectivity index (χ2v) is 9.26. The quantitative estimate of drug-likeness (QED) is 0.709. The Morgan fingerprint density at radius 1 is 1.04 bits per heavy atom. The van der Waals surface area contributed by atoms with Crippen molar-refractivity contribution in [3.8, 4) is 0 Å². The molecule has 0 bridgehead atoms. The molecule has 2 heterocycles. The fourth-order valence-electron chi connectivity index (χ4n) is 3.37. The molecule has 2 saturated heterocycles. The number of hydrogen-bond donors (Lipinski definition) is 0. The summed E-state index contributed by atoms with van der Waals surface area (Å²) in [6.07, 6.45) is 1.65. The number of rotatable bonds is 5. The third kappa shape index (κ3) is 4.39. The normalized spacial score (nSPS) is 19.0. The van der Waals surface area contributed by atoms with Crippen molar-refractivity contribution in [3.63, 3.8) is 0 Å². The number of amides is 2. The van der Waals surface area contributed by atoms with Gasteiger partial charge in [0.25, 0.3) is 0 Å². The molecule has 0 aromatic heterocycles. The largest absolute Gasteiger partial charge is 0.342 e. The van der Waals surface area contributed by atoms with Crippen LogP contribution in [0.5, 0.6) is 0 Å². The SMILES string of the molecule is O=C1CCCN1CCC(=O)N1CCN(S(=O)(=O)c2c(Cl)cccc2Cl)CC1. The molecule has 0 radical (unpaired) electrons. The summed E-state index contributed by atoms with van der Waals surface area (Å²) < 4.78 is 27.0. The number of carbonyl (C=O) groups excluding carboxylic acids is 2. The van der Waals surface area contributed by atoms with Crippen LogP contribution in [0.4, 0.5) is 0 Å². The third-order valence-corrected chi connectivity index (χ3v) is 7.73. The molecule has 10 heteroatoms. The number of carbonyl (C=O) groups is 2. The first-order valence-corrected chi connectivity index (χ1v) is 11.0. The molecular weight excluding hydrogens is 413 g/mol. The maximum atomic E-state index is 12.9. The Hall–Kier alpha value is -1.35. The van der Waals surface area contributed by atoms with Crippen molar-refractivity contribution in [1.82, 2.24) is 14.1 Å². The molecule has 148 valence electrons. The van der Waals surface area contributed by atoms with Crippen molar-refractivity contribution in [2.75, 3.05) is 39.3 Å². The number of benzene rings is 1. The summed E-state index contributed by atoms with van der Waals surface area (Å²) in [7, 11) is -3.83. The number of nitrogens with zero attached hydrogens (tertiary/aromatic N) is 3. The lowest BCUT2D eigenvalue weighted by molar-refractivity contribution is -0.133. The number of halogens is 2. The molecule has 1 aromatic rings. The average Bonchev–Trinajstić information content (AvgIpc) is 3.04. The van der Waals surface area contributed by atoms with Crippen molar-refractivity contribution >= 4 is 45.0 Å². The topological polar surface area (TPSA) is 78.0 Å². The van der Waals surface area contributed by atoms with Crippen LogP contribution in [0.15, 0.2) is 23.1 Å². The van der Waals surface area contributed by atoms with E-state index in [0.717, 1.165) is 6.42 Å². The van der Waals surface area contributed by atoms with E-state index < -0.39 is 10.0 Å². The molecule has 0 aliphatic carbocycles. The van der Waals surface area contributed by atoms with E-state index >= 15 is 0 Å². The zero-order valence-corrected chi connectivity index (χ0v) is 17.1. The fraction of sp³-hybridized carbons (Fsp3) is 0.529. The van der Waals surface area contributed by atoms with Crippen LogP contribution in [0.1, 0.15) is 19.3 Å². The first-order valence-electron chi connectivity index (χ1n) is 8.80. The number of piperazine rings is 1. The molecule has 0 unspecified atom stereocenters. The summed E-state index contributed by atoms with van der Waals surface area (Å²) in [5, 5.41) is 0.160. The van der Waals surface area contributed by atoms with Gasteiger partial charge in [-0.2, -0.15) is 4.31 Å². The van der Waals surface area contributed by atoms with E-state index in [1.54, 1.807) is 15.9 Å². The lowest BCUT2D eigenvalue weighted by atomic mass is 10.3. The summed E-state index contributed by atoms with van der Waals surface area (Å²) >= 11 is 12.1. The maximum absolute atomic E-state index is 12.9. The smallest absolute Gasteiger partial charge is 0.246 e. The van der Waals surface area contributed by atoms with Crippen LogP contribution in [-0.4, -0.2) is 73.6 Å². The molecule has 2 fully saturated rings. The number of hydrogen-bond acceptors (Lipinski definition) is 4. The highest BCUT2D eigenvalue weighted by Crippen LogP contribution is 2.31. The van der Waals surface area contributed by atoms with Gasteiger partial charge in [0.2, 0.25) is 21.8 Å². The lowest BCUT2D eigenvalue weighted by Crippen LogP contribution is -2.51. The van der Waals surface area contributed by atoms with Gasteiger partial charge in [0.1, 0.15) is 4.90 Å². The molecule has 0 N–H and O–H groups in total. The van der Waals surface area contributed by atoms with Crippen LogP contribution in [0.3, 0.4) is 0 Å². The molecule has 0 saturated carbocycles. The van der Waals surface area contributed by atoms with E-state index in [-0.39, 0.29) is 46.3 Å². The van der Waals surface area contributed by atoms with Gasteiger partial charge < -0.3 is 9.80 Å². The summed E-state index contributed by atoms with van der Waals surface area (Å²) in [5.74, 6) is 0.0258. The Morgan fingerprint density at radius 2 is 1.67 bits per heavy atom. The Labute approximate surface area is 168 Å². The van der Waals surface area contributed by atoms with Gasteiger partial charge in [-0.25, -0.2) is 8.42 Å². The highest BCUT2D eigenvalue weighted by Gasteiger charge is 2.33. The van der Waals surface area contributed by atoms with Gasteiger partial charge in [-0.3, -0.25) is 9.59 Å². The Balaban J connectivity index is 1.58. The van der Waals surface area contributed by atoms with Crippen LogP contribution in [0.25, 0.3) is 0 Å². The maximum Gasteiger partial charge on any atom is 0.246 e. The number of sulfonamides is 1. The van der Waals surface area contributed by atoms with Crippen LogP contribution in [0, 0.1) is 0 Å². The highest BCUT2D eigenvalue weighted by atomic mass is 35.5. The first-order chi connectivity index (χ1) is 12.8. The Kier molecular flexibility index (Phi) is 6.30. The van der Waals surface area contributed by atoms with E-state index in [1.807, 2.05) is 0 Å². The summed E-state index contributed by atoms with van der Waals surface area (Å²) in [5.41, 5.74) is 0. The van der Waals surface area contributed by atoms with E-state index in [4.69, 9.17) is 23.2 Å². The third-order valence-electron chi connectivity index (χ3n) is 4.88. The van der Waals surface area contributed by atoms with Crippen LogP contribution in [-0.2, 0) is 19.6 Å². The molecule has 0 spiro atoms. The van der Waals surface area contributed by atoms with Gasteiger partial charge in [-0.15, -0.1) is 0 Å². The van der Waals surface area contributed by atoms with Crippen molar-refractivity contribution in [2.24, 2.45) is 0 Å². The molecule has 1 aromatic carbocycles. The minimum absolute atomic E-state index is 0.0671. The van der Waals surface area contributed by atoms with Gasteiger partial charge in [-0.05, 0) is 18.6 Å². The monoisotopic (exact) mass is 433 g/mol. The Bertz CT molecular complexity index is 818. The zero-order chi connectivity index (χ0) is 19.6. The predicted molar refractivity (Wildman–Crippen MR) is 102 cm³/mol. The van der Waals surface area contributed by atoms with Crippen molar-refractivity contribution in [3.05, 3.63) is 28.2 Å². The van der Waals surface area contributed by atoms with Crippen molar-refractivity contribution in [2.45, 2.75) is 24.2 Å². The van der Waals surface area contributed by atoms with Gasteiger partial charge in [0.05, 0.1) is 10.0 Å². The second-order valence-electron chi connectivity index (χ2n) is 6.57. The minimum Gasteiger partial charge on any atom is -0.342 e. The minimum atomic E-state index is -3.83. The van der Waals surface area contributed by atoms with Gasteiger partial charge in [0, 0.05) is 52.1 Å². The van der Waals surface area contributed by atoms with Gasteiger partial charge in [-0.1, -0.05) is 29.3 Å². The van der Waals surface area contributed by atoms with E-state index in [0.29, 0.717) is 32.6 Å². The van der Waals surface area contributed by atoms with E-state index in [2.05, 4.69) is 0 Å². The van der Waals surface area contributed by atoms with Crippen LogP contribution < -0.4 is 0 Å². The molecule has 27 heavy (non-hydrogen) atoms. The molecule has 0 atom stereocenters. The summed E-state index contributed by atoms with van der Waals surface area (Å²) in [4.78, 5) is 27.2. The predicted octanol–water partition coefficient (Wildman–Crippen LogP) is 1.84. The first kappa shape index (κ1) is 20.4. The number of likely N-dealkylation sites (tertiary alicyclic amines) is 1. The molecule has 2 aliphatic heterocycles. The lowest BCUT2D eigenvalue weighted by Gasteiger charge is -2.34. The van der Waals surface area contributed by atoms with Gasteiger partial charge in [0.15, 0.2) is 0 Å². The molecule has 2 aliphatic rings. The molecular formula is C17H21Cl2N3O4S. The van der Waals surface area contributed by atoms with Gasteiger partial charge >= 0.3 is 0 Å². The van der Waals surface area contributed by atoms with Crippen LogP contribution >= 0.6 is 23.2 Å². The molecule has 3 rings (SSSR count). The Morgan fingerprint density at radius 3 is 2.22 bits per heavy atom.